The molecule has 2 unspecified atom stereocenters. The molecule has 1 saturated carbocycles. The van der Waals surface area contributed by atoms with E-state index in [2.05, 4.69) is 37.7 Å². The Bertz CT molecular complexity index is 563. The summed E-state index contributed by atoms with van der Waals surface area (Å²) in [7, 11) is 1.82. The van der Waals surface area contributed by atoms with E-state index in [1.165, 1.54) is 19.3 Å². The molecule has 1 fully saturated rings. The molecule has 6 nitrogen and oxygen atoms in total. The first-order chi connectivity index (χ1) is 9.26. The van der Waals surface area contributed by atoms with Gasteiger partial charge >= 0.3 is 0 Å². The minimum absolute atomic E-state index is 0.610. The molecule has 0 aromatic carbocycles. The van der Waals surface area contributed by atoms with E-state index in [0.717, 1.165) is 35.2 Å². The van der Waals surface area contributed by atoms with Crippen LogP contribution in [0.1, 0.15) is 26.2 Å². The molecular formula is C13H20N6. The van der Waals surface area contributed by atoms with Crippen molar-refractivity contribution in [3.05, 3.63) is 6.20 Å². The van der Waals surface area contributed by atoms with Gasteiger partial charge < -0.3 is 10.6 Å². The summed E-state index contributed by atoms with van der Waals surface area (Å²) in [5, 5.41) is 14.3. The topological polar surface area (TPSA) is 78.5 Å². The Balaban J connectivity index is 1.77. The molecule has 6 heteroatoms. The standard InChI is InChI=1S/C13H20N6/c1-8-3-4-9(5-8)6-15-11-10-7-16-19-12(10)18-13(14-2)17-11/h7-9H,3-6H2,1-2H3,(H3,14,15,16,17,18,19). The molecule has 0 bridgehead atoms. The second-order valence-electron chi connectivity index (χ2n) is 5.44. The van der Waals surface area contributed by atoms with Crippen LogP contribution in [0, 0.1) is 11.8 Å². The number of aromatic nitrogens is 4. The zero-order chi connectivity index (χ0) is 13.2. The highest BCUT2D eigenvalue weighted by molar-refractivity contribution is 5.86. The van der Waals surface area contributed by atoms with Gasteiger partial charge in [0.25, 0.3) is 0 Å². The number of H-pyrrole nitrogens is 1. The highest BCUT2D eigenvalue weighted by Crippen LogP contribution is 2.30. The predicted molar refractivity (Wildman–Crippen MR) is 76.2 cm³/mol. The SMILES string of the molecule is CNc1nc(NCC2CCC(C)C2)c2cn[nH]c2n1. The summed E-state index contributed by atoms with van der Waals surface area (Å²) >= 11 is 0. The van der Waals surface area contributed by atoms with E-state index in [9.17, 15) is 0 Å². The summed E-state index contributed by atoms with van der Waals surface area (Å²) in [6, 6.07) is 0. The molecule has 1 aliphatic rings. The lowest BCUT2D eigenvalue weighted by Crippen LogP contribution is -2.13. The fourth-order valence-electron chi connectivity index (χ4n) is 2.83. The maximum Gasteiger partial charge on any atom is 0.226 e. The smallest absolute Gasteiger partial charge is 0.226 e. The molecule has 0 spiro atoms. The van der Waals surface area contributed by atoms with Crippen LogP contribution in [0.25, 0.3) is 11.0 Å². The number of hydrogen-bond donors (Lipinski definition) is 3. The molecule has 1 aliphatic carbocycles. The van der Waals surface area contributed by atoms with Crippen molar-refractivity contribution in [3.63, 3.8) is 0 Å². The Morgan fingerprint density at radius 3 is 3.00 bits per heavy atom. The largest absolute Gasteiger partial charge is 0.369 e. The van der Waals surface area contributed by atoms with Crippen LogP contribution in [-0.4, -0.2) is 33.8 Å². The summed E-state index contributed by atoms with van der Waals surface area (Å²) < 4.78 is 0. The van der Waals surface area contributed by atoms with E-state index in [1.54, 1.807) is 6.20 Å². The Labute approximate surface area is 112 Å². The maximum atomic E-state index is 4.48. The monoisotopic (exact) mass is 260 g/mol. The molecule has 2 atom stereocenters. The van der Waals surface area contributed by atoms with Gasteiger partial charge in [0, 0.05) is 13.6 Å². The lowest BCUT2D eigenvalue weighted by Gasteiger charge is -2.12. The third kappa shape index (κ3) is 2.47. The molecule has 102 valence electrons. The Hall–Kier alpha value is -1.85. The number of fused-ring (bicyclic) bond motifs is 1. The van der Waals surface area contributed by atoms with Crippen LogP contribution in [0.5, 0.6) is 0 Å². The van der Waals surface area contributed by atoms with E-state index < -0.39 is 0 Å². The first kappa shape index (κ1) is 12.2. The van der Waals surface area contributed by atoms with Gasteiger partial charge in [0.05, 0.1) is 11.6 Å². The minimum Gasteiger partial charge on any atom is -0.369 e. The van der Waals surface area contributed by atoms with Gasteiger partial charge in [0.1, 0.15) is 5.82 Å². The summed E-state index contributed by atoms with van der Waals surface area (Å²) in [6.07, 6.45) is 5.74. The van der Waals surface area contributed by atoms with E-state index >= 15 is 0 Å². The molecule has 0 saturated heterocycles. The quantitative estimate of drug-likeness (QED) is 0.785. The van der Waals surface area contributed by atoms with Crippen LogP contribution >= 0.6 is 0 Å². The first-order valence-electron chi connectivity index (χ1n) is 6.89. The lowest BCUT2D eigenvalue weighted by atomic mass is 10.1. The van der Waals surface area contributed by atoms with Gasteiger partial charge in [-0.25, -0.2) is 0 Å². The molecule has 19 heavy (non-hydrogen) atoms. The molecule has 2 heterocycles. The molecule has 0 amide bonds. The Kier molecular flexibility index (Phi) is 3.23. The maximum absolute atomic E-state index is 4.48. The van der Waals surface area contributed by atoms with E-state index in [4.69, 9.17) is 0 Å². The zero-order valence-corrected chi connectivity index (χ0v) is 11.4. The van der Waals surface area contributed by atoms with Crippen molar-refractivity contribution in [2.24, 2.45) is 11.8 Å². The number of anilines is 2. The van der Waals surface area contributed by atoms with Crippen molar-refractivity contribution < 1.29 is 0 Å². The van der Waals surface area contributed by atoms with Crippen molar-refractivity contribution >= 4 is 22.8 Å². The van der Waals surface area contributed by atoms with Gasteiger partial charge in [-0.05, 0) is 24.7 Å². The fraction of sp³-hybridized carbons (Fsp3) is 0.615. The molecule has 0 radical (unpaired) electrons. The summed E-state index contributed by atoms with van der Waals surface area (Å²) in [4.78, 5) is 8.80. The van der Waals surface area contributed by atoms with Crippen LogP contribution in [-0.2, 0) is 0 Å². The van der Waals surface area contributed by atoms with Gasteiger partial charge in [-0.2, -0.15) is 15.1 Å². The number of hydrogen-bond acceptors (Lipinski definition) is 5. The van der Waals surface area contributed by atoms with Gasteiger partial charge in [-0.1, -0.05) is 13.3 Å². The van der Waals surface area contributed by atoms with E-state index in [0.29, 0.717) is 5.95 Å². The summed E-state index contributed by atoms with van der Waals surface area (Å²) in [5.41, 5.74) is 0.765. The van der Waals surface area contributed by atoms with Crippen LogP contribution < -0.4 is 10.6 Å². The molecule has 2 aromatic rings. The van der Waals surface area contributed by atoms with Crippen molar-refractivity contribution in [1.29, 1.82) is 0 Å². The predicted octanol–water partition coefficient (Wildman–Crippen LogP) is 2.24. The normalized spacial score (nSPS) is 22.8. The molecule has 2 aromatic heterocycles. The minimum atomic E-state index is 0.610. The summed E-state index contributed by atoms with van der Waals surface area (Å²) in [5.74, 6) is 3.09. The van der Waals surface area contributed by atoms with Crippen LogP contribution in [0.3, 0.4) is 0 Å². The molecular weight excluding hydrogens is 240 g/mol. The summed E-state index contributed by atoms with van der Waals surface area (Å²) in [6.45, 7) is 3.31. The number of aromatic amines is 1. The van der Waals surface area contributed by atoms with E-state index in [-0.39, 0.29) is 0 Å². The zero-order valence-electron chi connectivity index (χ0n) is 11.4. The number of nitrogens with one attached hydrogen (secondary N) is 3. The average molecular weight is 260 g/mol. The van der Waals surface area contributed by atoms with Crippen LogP contribution in [0.2, 0.25) is 0 Å². The highest BCUT2D eigenvalue weighted by Gasteiger charge is 2.21. The van der Waals surface area contributed by atoms with Crippen LogP contribution in [0.15, 0.2) is 6.20 Å². The van der Waals surface area contributed by atoms with Crippen molar-refractivity contribution in [2.75, 3.05) is 24.2 Å². The first-order valence-corrected chi connectivity index (χ1v) is 6.89. The van der Waals surface area contributed by atoms with Crippen molar-refractivity contribution in [3.8, 4) is 0 Å². The van der Waals surface area contributed by atoms with Crippen molar-refractivity contribution in [2.45, 2.75) is 26.2 Å². The average Bonchev–Trinajstić information content (AvgIpc) is 3.04. The number of nitrogens with zero attached hydrogens (tertiary/aromatic N) is 3. The second kappa shape index (κ2) is 5.03. The van der Waals surface area contributed by atoms with E-state index in [1.807, 2.05) is 7.05 Å². The second-order valence-corrected chi connectivity index (χ2v) is 5.44. The third-order valence-electron chi connectivity index (χ3n) is 3.89. The Morgan fingerprint density at radius 1 is 1.37 bits per heavy atom. The number of rotatable bonds is 4. The fourth-order valence-corrected chi connectivity index (χ4v) is 2.83. The van der Waals surface area contributed by atoms with Gasteiger partial charge in [-0.15, -0.1) is 0 Å². The van der Waals surface area contributed by atoms with Gasteiger partial charge in [-0.3, -0.25) is 5.10 Å². The third-order valence-corrected chi connectivity index (χ3v) is 3.89. The molecule has 3 N–H and O–H groups in total. The van der Waals surface area contributed by atoms with Crippen LogP contribution in [0.4, 0.5) is 11.8 Å². The highest BCUT2D eigenvalue weighted by atomic mass is 15.2. The van der Waals surface area contributed by atoms with Gasteiger partial charge in [0.2, 0.25) is 5.95 Å². The Morgan fingerprint density at radius 2 is 2.26 bits per heavy atom. The van der Waals surface area contributed by atoms with Gasteiger partial charge in [0.15, 0.2) is 5.65 Å². The molecule has 0 aliphatic heterocycles. The van der Waals surface area contributed by atoms with Crippen molar-refractivity contribution in [1.82, 2.24) is 20.2 Å². The lowest BCUT2D eigenvalue weighted by molar-refractivity contribution is 0.537. The molecule has 3 rings (SSSR count).